The monoisotopic (exact) mass is 269 g/mol. The molecule has 0 radical (unpaired) electrons. The van der Waals surface area contributed by atoms with Crippen LogP contribution in [0, 0.1) is 0 Å². The highest BCUT2D eigenvalue weighted by atomic mass is 14.9. The molecule has 1 aromatic carbocycles. The van der Waals surface area contributed by atoms with Gasteiger partial charge in [0, 0.05) is 31.4 Å². The standard InChI is InChI=1S/C17H23N3/c1-2-6-14(7-3-1)15-8-4-5-9-16(15)18-11-10-17-19-12-13-20-17/h1-3,6-7,12-13,15-16,18H,4-5,8-11H2,(H,19,20). The first kappa shape index (κ1) is 13.4. The van der Waals surface area contributed by atoms with E-state index in [0.717, 1.165) is 18.8 Å². The smallest absolute Gasteiger partial charge is 0.107 e. The Morgan fingerprint density at radius 3 is 2.80 bits per heavy atom. The Labute approximate surface area is 120 Å². The van der Waals surface area contributed by atoms with Crippen LogP contribution >= 0.6 is 0 Å². The summed E-state index contributed by atoms with van der Waals surface area (Å²) >= 11 is 0. The fourth-order valence-corrected chi connectivity index (χ4v) is 3.29. The molecular weight excluding hydrogens is 246 g/mol. The van der Waals surface area contributed by atoms with E-state index in [2.05, 4.69) is 45.6 Å². The predicted molar refractivity (Wildman–Crippen MR) is 81.7 cm³/mol. The van der Waals surface area contributed by atoms with E-state index in [1.165, 1.54) is 31.2 Å². The van der Waals surface area contributed by atoms with Crippen LogP contribution in [0.1, 0.15) is 43.0 Å². The molecule has 0 aliphatic heterocycles. The van der Waals surface area contributed by atoms with E-state index in [1.54, 1.807) is 0 Å². The van der Waals surface area contributed by atoms with Crippen molar-refractivity contribution in [3.63, 3.8) is 0 Å². The fourth-order valence-electron chi connectivity index (χ4n) is 3.29. The van der Waals surface area contributed by atoms with Crippen molar-refractivity contribution in [2.45, 2.75) is 44.1 Å². The number of hydrogen-bond acceptors (Lipinski definition) is 2. The second kappa shape index (κ2) is 6.71. The zero-order chi connectivity index (χ0) is 13.6. The van der Waals surface area contributed by atoms with E-state index in [9.17, 15) is 0 Å². The lowest BCUT2D eigenvalue weighted by atomic mass is 9.80. The lowest BCUT2D eigenvalue weighted by molar-refractivity contribution is 0.328. The Bertz CT molecular complexity index is 492. The second-order valence-corrected chi connectivity index (χ2v) is 5.65. The number of imidazole rings is 1. The van der Waals surface area contributed by atoms with Gasteiger partial charge in [-0.3, -0.25) is 0 Å². The number of aromatic amines is 1. The normalized spacial score (nSPS) is 22.8. The first-order valence-electron chi connectivity index (χ1n) is 7.70. The SMILES string of the molecule is c1ccc(C2CCCCC2NCCc2ncc[nH]2)cc1. The van der Waals surface area contributed by atoms with Gasteiger partial charge in [0.15, 0.2) is 0 Å². The van der Waals surface area contributed by atoms with Crippen molar-refractivity contribution in [1.82, 2.24) is 15.3 Å². The molecule has 3 nitrogen and oxygen atoms in total. The Balaban J connectivity index is 1.58. The summed E-state index contributed by atoms with van der Waals surface area (Å²) in [7, 11) is 0. The third-order valence-electron chi connectivity index (χ3n) is 4.32. The highest BCUT2D eigenvalue weighted by Gasteiger charge is 2.25. The van der Waals surface area contributed by atoms with Gasteiger partial charge in [-0.15, -0.1) is 0 Å². The zero-order valence-electron chi connectivity index (χ0n) is 11.9. The molecule has 2 aromatic rings. The minimum Gasteiger partial charge on any atom is -0.349 e. The summed E-state index contributed by atoms with van der Waals surface area (Å²) in [6.07, 6.45) is 9.99. The average Bonchev–Trinajstić information content (AvgIpc) is 3.02. The maximum Gasteiger partial charge on any atom is 0.107 e. The quantitative estimate of drug-likeness (QED) is 0.874. The molecule has 1 aliphatic carbocycles. The van der Waals surface area contributed by atoms with Crippen LogP contribution in [0.4, 0.5) is 0 Å². The van der Waals surface area contributed by atoms with Crippen molar-refractivity contribution < 1.29 is 0 Å². The van der Waals surface area contributed by atoms with E-state index in [-0.39, 0.29) is 0 Å². The van der Waals surface area contributed by atoms with Gasteiger partial charge in [0.05, 0.1) is 0 Å². The van der Waals surface area contributed by atoms with Gasteiger partial charge in [0.2, 0.25) is 0 Å². The van der Waals surface area contributed by atoms with E-state index in [0.29, 0.717) is 12.0 Å². The van der Waals surface area contributed by atoms with Crippen molar-refractivity contribution in [2.75, 3.05) is 6.54 Å². The van der Waals surface area contributed by atoms with Gasteiger partial charge < -0.3 is 10.3 Å². The molecule has 0 amide bonds. The Kier molecular flexibility index (Phi) is 4.49. The van der Waals surface area contributed by atoms with Crippen LogP contribution in [0.15, 0.2) is 42.7 Å². The van der Waals surface area contributed by atoms with Crippen molar-refractivity contribution in [1.29, 1.82) is 0 Å². The lowest BCUT2D eigenvalue weighted by Gasteiger charge is -2.32. The summed E-state index contributed by atoms with van der Waals surface area (Å²) < 4.78 is 0. The Morgan fingerprint density at radius 1 is 1.15 bits per heavy atom. The van der Waals surface area contributed by atoms with Crippen molar-refractivity contribution in [3.05, 3.63) is 54.1 Å². The van der Waals surface area contributed by atoms with E-state index >= 15 is 0 Å². The number of nitrogens with one attached hydrogen (secondary N) is 2. The van der Waals surface area contributed by atoms with Crippen LogP contribution in [-0.4, -0.2) is 22.6 Å². The Hall–Kier alpha value is -1.61. The third-order valence-corrected chi connectivity index (χ3v) is 4.32. The summed E-state index contributed by atoms with van der Waals surface area (Å²) in [5.41, 5.74) is 1.49. The average molecular weight is 269 g/mol. The molecule has 0 spiro atoms. The molecule has 1 heterocycles. The first-order valence-corrected chi connectivity index (χ1v) is 7.70. The summed E-state index contributed by atoms with van der Waals surface area (Å²) in [5, 5.41) is 3.75. The molecule has 3 rings (SSSR count). The number of hydrogen-bond donors (Lipinski definition) is 2. The van der Waals surface area contributed by atoms with Gasteiger partial charge in [-0.2, -0.15) is 0 Å². The zero-order valence-corrected chi connectivity index (χ0v) is 11.9. The van der Waals surface area contributed by atoms with Crippen molar-refractivity contribution in [2.24, 2.45) is 0 Å². The maximum absolute atomic E-state index is 4.28. The van der Waals surface area contributed by atoms with Crippen molar-refractivity contribution in [3.8, 4) is 0 Å². The van der Waals surface area contributed by atoms with Gasteiger partial charge >= 0.3 is 0 Å². The number of nitrogens with zero attached hydrogens (tertiary/aromatic N) is 1. The minimum atomic E-state index is 0.612. The van der Waals surface area contributed by atoms with Crippen LogP contribution in [0.2, 0.25) is 0 Å². The van der Waals surface area contributed by atoms with E-state index in [4.69, 9.17) is 0 Å². The summed E-state index contributed by atoms with van der Waals surface area (Å²) in [5.74, 6) is 1.74. The fraction of sp³-hybridized carbons (Fsp3) is 0.471. The maximum atomic E-state index is 4.28. The van der Waals surface area contributed by atoms with Gasteiger partial charge in [0.1, 0.15) is 5.82 Å². The Morgan fingerprint density at radius 2 is 2.00 bits per heavy atom. The van der Waals surface area contributed by atoms with Gasteiger partial charge in [-0.05, 0) is 24.3 Å². The largest absolute Gasteiger partial charge is 0.349 e. The number of H-pyrrole nitrogens is 1. The van der Waals surface area contributed by atoms with Gasteiger partial charge in [-0.25, -0.2) is 4.98 Å². The molecule has 1 aliphatic rings. The summed E-state index contributed by atoms with van der Waals surface area (Å²) in [4.78, 5) is 7.45. The van der Waals surface area contributed by atoms with Gasteiger partial charge in [0.25, 0.3) is 0 Å². The molecule has 2 N–H and O–H groups in total. The molecular formula is C17H23N3. The summed E-state index contributed by atoms with van der Waals surface area (Å²) in [6, 6.07) is 11.6. The summed E-state index contributed by atoms with van der Waals surface area (Å²) in [6.45, 7) is 1.00. The van der Waals surface area contributed by atoms with Crippen LogP contribution in [0.5, 0.6) is 0 Å². The number of benzene rings is 1. The number of aromatic nitrogens is 2. The highest BCUT2D eigenvalue weighted by Crippen LogP contribution is 2.32. The van der Waals surface area contributed by atoms with Crippen LogP contribution < -0.4 is 5.32 Å². The topological polar surface area (TPSA) is 40.7 Å². The van der Waals surface area contributed by atoms with Crippen LogP contribution in [-0.2, 0) is 6.42 Å². The highest BCUT2D eigenvalue weighted by molar-refractivity contribution is 5.22. The van der Waals surface area contributed by atoms with Crippen molar-refractivity contribution >= 4 is 0 Å². The third kappa shape index (κ3) is 3.28. The first-order chi connectivity index (χ1) is 9.93. The van der Waals surface area contributed by atoms with Gasteiger partial charge in [-0.1, -0.05) is 43.2 Å². The molecule has 106 valence electrons. The molecule has 2 unspecified atom stereocenters. The van der Waals surface area contributed by atoms with E-state index < -0.39 is 0 Å². The molecule has 2 atom stereocenters. The minimum absolute atomic E-state index is 0.612. The molecule has 20 heavy (non-hydrogen) atoms. The molecule has 3 heteroatoms. The van der Waals surface area contributed by atoms with Crippen LogP contribution in [0.25, 0.3) is 0 Å². The number of rotatable bonds is 5. The molecule has 1 fully saturated rings. The van der Waals surface area contributed by atoms with Crippen LogP contribution in [0.3, 0.4) is 0 Å². The molecule has 1 saturated carbocycles. The lowest BCUT2D eigenvalue weighted by Crippen LogP contribution is -2.38. The van der Waals surface area contributed by atoms with E-state index in [1.807, 2.05) is 12.4 Å². The molecule has 0 bridgehead atoms. The second-order valence-electron chi connectivity index (χ2n) is 5.65. The molecule has 0 saturated heterocycles. The predicted octanol–water partition coefficient (Wildman–Crippen LogP) is 3.27. The molecule has 1 aromatic heterocycles.